The molecule has 0 aromatic heterocycles. The first-order valence-corrected chi connectivity index (χ1v) is 11.6. The standard InChI is InChI=1S/C22H26F3NO5S/c1-3-31-21(28)11-5-4-8-12-26(17-13-16(2)14-18(27)15-17)32(29,30)20-10-7-6-9-19(20)22(23,24)25/h6-7,9-10,13-15,27H,3-5,8,11-12H2,1-2H3. The lowest BCUT2D eigenvalue weighted by Gasteiger charge is -2.26. The van der Waals surface area contributed by atoms with E-state index in [-0.39, 0.29) is 37.0 Å². The summed E-state index contributed by atoms with van der Waals surface area (Å²) in [7, 11) is -4.60. The van der Waals surface area contributed by atoms with Crippen LogP contribution < -0.4 is 4.31 Å². The number of unbranched alkanes of at least 4 members (excludes halogenated alkanes) is 2. The van der Waals surface area contributed by atoms with E-state index in [0.29, 0.717) is 24.8 Å². The fourth-order valence-corrected chi connectivity index (χ4v) is 4.96. The molecule has 176 valence electrons. The van der Waals surface area contributed by atoms with Crippen LogP contribution >= 0.6 is 0 Å². The maximum Gasteiger partial charge on any atom is 0.417 e. The summed E-state index contributed by atoms with van der Waals surface area (Å²) in [6.45, 7) is 3.47. The van der Waals surface area contributed by atoms with Crippen LogP contribution in [-0.2, 0) is 25.7 Å². The summed E-state index contributed by atoms with van der Waals surface area (Å²) in [6.07, 6.45) is -3.48. The first kappa shape index (κ1) is 25.5. The Hall–Kier alpha value is -2.75. The first-order valence-electron chi connectivity index (χ1n) is 10.1. The predicted octanol–water partition coefficient (Wildman–Crippen LogP) is 5.04. The number of sulfonamides is 1. The molecular weight excluding hydrogens is 447 g/mol. The topological polar surface area (TPSA) is 83.9 Å². The SMILES string of the molecule is CCOC(=O)CCCCCN(c1cc(C)cc(O)c1)S(=O)(=O)c1ccccc1C(F)(F)F. The van der Waals surface area contributed by atoms with Crippen molar-refractivity contribution in [1.82, 2.24) is 0 Å². The third-order valence-electron chi connectivity index (χ3n) is 4.64. The molecule has 10 heteroatoms. The number of aryl methyl sites for hydroxylation is 1. The Labute approximate surface area is 185 Å². The van der Waals surface area contributed by atoms with Crippen molar-refractivity contribution in [3.63, 3.8) is 0 Å². The Morgan fingerprint density at radius 1 is 1.09 bits per heavy atom. The van der Waals surface area contributed by atoms with Crippen molar-refractivity contribution in [3.8, 4) is 5.75 Å². The van der Waals surface area contributed by atoms with E-state index in [1.807, 2.05) is 0 Å². The monoisotopic (exact) mass is 473 g/mol. The van der Waals surface area contributed by atoms with Gasteiger partial charge in [0.15, 0.2) is 0 Å². The number of anilines is 1. The van der Waals surface area contributed by atoms with Gasteiger partial charge >= 0.3 is 12.1 Å². The van der Waals surface area contributed by atoms with E-state index in [0.717, 1.165) is 22.5 Å². The summed E-state index contributed by atoms with van der Waals surface area (Å²) in [5.74, 6) is -0.564. The van der Waals surface area contributed by atoms with E-state index in [1.165, 1.54) is 24.3 Å². The van der Waals surface area contributed by atoms with Crippen molar-refractivity contribution in [2.45, 2.75) is 50.6 Å². The maximum absolute atomic E-state index is 13.5. The smallest absolute Gasteiger partial charge is 0.417 e. The quantitative estimate of drug-likeness (QED) is 0.386. The van der Waals surface area contributed by atoms with Gasteiger partial charge in [-0.1, -0.05) is 18.6 Å². The Bertz CT molecular complexity index is 1020. The van der Waals surface area contributed by atoms with Gasteiger partial charge in [-0.3, -0.25) is 9.10 Å². The molecule has 0 unspecified atom stereocenters. The van der Waals surface area contributed by atoms with Gasteiger partial charge in [0.2, 0.25) is 0 Å². The zero-order valence-electron chi connectivity index (χ0n) is 17.9. The van der Waals surface area contributed by atoms with Gasteiger partial charge in [-0.05, 0) is 56.5 Å². The molecule has 0 heterocycles. The molecule has 0 bridgehead atoms. The van der Waals surface area contributed by atoms with Gasteiger partial charge in [0, 0.05) is 19.0 Å². The number of halogens is 3. The first-order chi connectivity index (χ1) is 15.0. The predicted molar refractivity (Wildman–Crippen MR) is 114 cm³/mol. The van der Waals surface area contributed by atoms with Gasteiger partial charge in [-0.2, -0.15) is 13.2 Å². The van der Waals surface area contributed by atoms with Gasteiger partial charge in [0.25, 0.3) is 10.0 Å². The number of phenolic OH excluding ortho intramolecular Hbond substituents is 1. The van der Waals surface area contributed by atoms with Crippen LogP contribution in [0.1, 0.15) is 43.7 Å². The van der Waals surface area contributed by atoms with Crippen LogP contribution in [-0.4, -0.2) is 32.6 Å². The zero-order valence-corrected chi connectivity index (χ0v) is 18.7. The Morgan fingerprint density at radius 2 is 1.78 bits per heavy atom. The van der Waals surface area contributed by atoms with E-state index < -0.39 is 26.7 Å². The second-order valence-corrected chi connectivity index (χ2v) is 9.04. The highest BCUT2D eigenvalue weighted by molar-refractivity contribution is 7.92. The highest BCUT2D eigenvalue weighted by atomic mass is 32.2. The van der Waals surface area contributed by atoms with E-state index in [1.54, 1.807) is 13.8 Å². The number of esters is 1. The minimum Gasteiger partial charge on any atom is -0.508 e. The fraction of sp³-hybridized carbons (Fsp3) is 0.409. The number of benzene rings is 2. The summed E-state index contributed by atoms with van der Waals surface area (Å²) >= 11 is 0. The molecular formula is C22H26F3NO5S. The number of hydrogen-bond acceptors (Lipinski definition) is 5. The van der Waals surface area contributed by atoms with Crippen molar-refractivity contribution in [3.05, 3.63) is 53.6 Å². The number of hydrogen-bond donors (Lipinski definition) is 1. The summed E-state index contributed by atoms with van der Waals surface area (Å²) in [6, 6.07) is 8.08. The molecule has 0 aliphatic carbocycles. The highest BCUT2D eigenvalue weighted by Gasteiger charge is 2.39. The molecule has 0 aliphatic rings. The summed E-state index contributed by atoms with van der Waals surface area (Å²) in [4.78, 5) is 10.6. The van der Waals surface area contributed by atoms with Crippen LogP contribution in [0.2, 0.25) is 0 Å². The van der Waals surface area contributed by atoms with Crippen molar-refractivity contribution < 1.29 is 36.2 Å². The molecule has 0 saturated carbocycles. The lowest BCUT2D eigenvalue weighted by Crippen LogP contribution is -2.33. The van der Waals surface area contributed by atoms with Crippen LogP contribution in [0.4, 0.5) is 18.9 Å². The number of carbonyl (C=O) groups is 1. The van der Waals surface area contributed by atoms with Crippen molar-refractivity contribution in [2.75, 3.05) is 17.5 Å². The number of aromatic hydroxyl groups is 1. The number of nitrogens with zero attached hydrogens (tertiary/aromatic N) is 1. The number of alkyl halides is 3. The highest BCUT2D eigenvalue weighted by Crippen LogP contribution is 2.37. The van der Waals surface area contributed by atoms with Crippen molar-refractivity contribution in [2.24, 2.45) is 0 Å². The van der Waals surface area contributed by atoms with Gasteiger partial charge in [0.05, 0.1) is 22.8 Å². The molecule has 0 atom stereocenters. The Balaban J connectivity index is 2.36. The minimum absolute atomic E-state index is 0.0601. The summed E-state index contributed by atoms with van der Waals surface area (Å²) < 4.78 is 72.9. The molecule has 1 N–H and O–H groups in total. The molecule has 2 aromatic carbocycles. The summed E-state index contributed by atoms with van der Waals surface area (Å²) in [5.41, 5.74) is -0.652. The second kappa shape index (κ2) is 10.7. The summed E-state index contributed by atoms with van der Waals surface area (Å²) in [5, 5.41) is 9.93. The lowest BCUT2D eigenvalue weighted by molar-refractivity contribution is -0.143. The van der Waals surface area contributed by atoms with Crippen LogP contribution in [0, 0.1) is 6.92 Å². The van der Waals surface area contributed by atoms with Crippen LogP contribution in [0.3, 0.4) is 0 Å². The van der Waals surface area contributed by atoms with E-state index in [9.17, 15) is 31.5 Å². The average molecular weight is 474 g/mol. The molecule has 6 nitrogen and oxygen atoms in total. The van der Waals surface area contributed by atoms with Crippen molar-refractivity contribution >= 4 is 21.7 Å². The zero-order chi connectivity index (χ0) is 23.9. The van der Waals surface area contributed by atoms with E-state index >= 15 is 0 Å². The van der Waals surface area contributed by atoms with Gasteiger partial charge < -0.3 is 9.84 Å². The van der Waals surface area contributed by atoms with Gasteiger partial charge in [0.1, 0.15) is 5.75 Å². The molecule has 0 fully saturated rings. The largest absolute Gasteiger partial charge is 0.508 e. The van der Waals surface area contributed by atoms with Crippen molar-refractivity contribution in [1.29, 1.82) is 0 Å². The van der Waals surface area contributed by atoms with Gasteiger partial charge in [-0.15, -0.1) is 0 Å². The molecule has 2 aromatic rings. The minimum atomic E-state index is -4.86. The fourth-order valence-electron chi connectivity index (χ4n) is 3.25. The lowest BCUT2D eigenvalue weighted by atomic mass is 10.2. The van der Waals surface area contributed by atoms with E-state index in [4.69, 9.17) is 4.74 Å². The third-order valence-corrected chi connectivity index (χ3v) is 6.53. The number of phenols is 1. The van der Waals surface area contributed by atoms with Gasteiger partial charge in [-0.25, -0.2) is 8.42 Å². The van der Waals surface area contributed by atoms with Crippen LogP contribution in [0.15, 0.2) is 47.4 Å². The molecule has 0 amide bonds. The number of carbonyl (C=O) groups excluding carboxylic acids is 1. The van der Waals surface area contributed by atoms with Crippen LogP contribution in [0.5, 0.6) is 5.75 Å². The molecule has 0 radical (unpaired) electrons. The number of rotatable bonds is 10. The maximum atomic E-state index is 13.5. The molecule has 0 spiro atoms. The van der Waals surface area contributed by atoms with E-state index in [2.05, 4.69) is 0 Å². The Kier molecular flexibility index (Phi) is 8.54. The Morgan fingerprint density at radius 3 is 2.41 bits per heavy atom. The van der Waals surface area contributed by atoms with Crippen LogP contribution in [0.25, 0.3) is 0 Å². The average Bonchev–Trinajstić information content (AvgIpc) is 2.69. The molecule has 32 heavy (non-hydrogen) atoms. The second-order valence-electron chi connectivity index (χ2n) is 7.21. The molecule has 2 rings (SSSR count). The molecule has 0 saturated heterocycles. The number of ether oxygens (including phenoxy) is 1. The normalized spacial score (nSPS) is 11.9. The molecule has 0 aliphatic heterocycles. The third kappa shape index (κ3) is 6.62.